The summed E-state index contributed by atoms with van der Waals surface area (Å²) in [5.74, 6) is 1.04. The molecule has 4 rings (SSSR count). The van der Waals surface area contributed by atoms with E-state index in [9.17, 15) is 19.7 Å². The van der Waals surface area contributed by atoms with E-state index in [2.05, 4.69) is 10.6 Å². The monoisotopic (exact) mass is 468 g/mol. The molecule has 0 atom stereocenters. The molecule has 12 nitrogen and oxygen atoms in total. The van der Waals surface area contributed by atoms with Crippen LogP contribution in [-0.4, -0.2) is 31.0 Å². The van der Waals surface area contributed by atoms with Gasteiger partial charge >= 0.3 is 35.2 Å². The largest absolute Gasteiger partial charge is 1.00 e. The number of rotatable bonds is 3. The van der Waals surface area contributed by atoms with Crippen LogP contribution in [0.25, 0.3) is 0 Å². The molecule has 0 unspecified atom stereocenters. The van der Waals surface area contributed by atoms with E-state index >= 15 is 0 Å². The zero-order chi connectivity index (χ0) is 23.7. The zero-order valence-electron chi connectivity index (χ0n) is 18.4. The van der Waals surface area contributed by atoms with Gasteiger partial charge in [-0.15, -0.1) is 5.34 Å². The number of carbonyl (C=O) groups excluding carboxylic acids is 2. The summed E-state index contributed by atoms with van der Waals surface area (Å²) in [6.45, 7) is 0. The number of hydrogen-bond acceptors (Lipinski definition) is 9. The molecule has 0 spiro atoms. The molecule has 13 heteroatoms. The van der Waals surface area contributed by atoms with Crippen LogP contribution in [0.5, 0.6) is 11.5 Å². The van der Waals surface area contributed by atoms with Crippen molar-refractivity contribution in [3.8, 4) is 11.5 Å². The van der Waals surface area contributed by atoms with Crippen molar-refractivity contribution in [2.45, 2.75) is 25.7 Å². The minimum atomic E-state index is -0.528. The molecule has 2 heterocycles. The van der Waals surface area contributed by atoms with Crippen molar-refractivity contribution in [1.82, 2.24) is 0 Å². The van der Waals surface area contributed by atoms with Gasteiger partial charge in [-0.25, -0.2) is 0 Å². The summed E-state index contributed by atoms with van der Waals surface area (Å²) >= 11 is 0. The summed E-state index contributed by atoms with van der Waals surface area (Å²) in [5, 5.41) is 25.2. The fourth-order valence-corrected chi connectivity index (χ4v) is 3.19. The number of ether oxygens (including phenoxy) is 2. The number of hydrogen-bond donors (Lipinski definition) is 2. The number of nitro groups is 1. The maximum absolute atomic E-state index is 11.1. The number of anilines is 2. The van der Waals surface area contributed by atoms with Crippen molar-refractivity contribution in [3.05, 3.63) is 61.7 Å². The topological polar surface area (TPSA) is 172 Å². The van der Waals surface area contributed by atoms with Crippen molar-refractivity contribution in [2.24, 2.45) is 5.34 Å². The third-order valence-electron chi connectivity index (χ3n) is 4.70. The van der Waals surface area contributed by atoms with E-state index in [1.807, 2.05) is 18.2 Å². The Morgan fingerprint density at radius 1 is 0.909 bits per heavy atom. The standard InChI is InChI=1S/C10H10N2O4.C10H11NO2.HNO2.Na/c1-16-9-4-6-2-3-10(13)11-7(6)5-8(9)12(14)15;1-13-8-3-4-9-7(6-8)2-5-10(12)11-9;2-1-3;/h4-5H,2-3H2,1H3,(H,11,13);3-4,6H,2,5H2,1H3,(H,11,12);(H,2,3);/q;;;+1/p-1. The van der Waals surface area contributed by atoms with Gasteiger partial charge in [0, 0.05) is 24.6 Å². The second kappa shape index (κ2) is 13.4. The number of amides is 2. The van der Waals surface area contributed by atoms with E-state index < -0.39 is 4.92 Å². The zero-order valence-corrected chi connectivity index (χ0v) is 20.4. The third-order valence-corrected chi connectivity index (χ3v) is 4.70. The number of aryl methyl sites for hydroxylation is 2. The Hall–Kier alpha value is -3.22. The first kappa shape index (κ1) is 27.8. The SMILES string of the molecule is COc1cc2c(cc1[N+](=O)[O-])NC(=O)CC2.COc1ccc2c(c1)CCC(=O)N2.O=N[O-].[Na+]. The van der Waals surface area contributed by atoms with E-state index in [1.165, 1.54) is 13.2 Å². The summed E-state index contributed by atoms with van der Waals surface area (Å²) in [5.41, 5.74) is 3.30. The fraction of sp³-hybridized carbons (Fsp3) is 0.300. The van der Waals surface area contributed by atoms with Gasteiger partial charge in [0.15, 0.2) is 5.75 Å². The summed E-state index contributed by atoms with van der Waals surface area (Å²) in [7, 11) is 3.03. The molecular formula is C20H21N4NaO8. The molecule has 0 saturated heterocycles. The van der Waals surface area contributed by atoms with Crippen molar-refractivity contribution in [1.29, 1.82) is 0 Å². The van der Waals surface area contributed by atoms with Gasteiger partial charge in [-0.3, -0.25) is 19.7 Å². The van der Waals surface area contributed by atoms with Crippen molar-refractivity contribution in [3.63, 3.8) is 0 Å². The van der Waals surface area contributed by atoms with Crippen LogP contribution in [0.4, 0.5) is 17.1 Å². The number of methoxy groups -OCH3 is 2. The number of carbonyl (C=O) groups is 2. The molecule has 0 saturated carbocycles. The third kappa shape index (κ3) is 7.70. The van der Waals surface area contributed by atoms with E-state index in [0.29, 0.717) is 24.9 Å². The molecule has 2 aromatic rings. The predicted octanol–water partition coefficient (Wildman–Crippen LogP) is 0.323. The van der Waals surface area contributed by atoms with Gasteiger partial charge < -0.3 is 30.2 Å². The van der Waals surface area contributed by atoms with E-state index in [4.69, 9.17) is 19.6 Å². The van der Waals surface area contributed by atoms with Gasteiger partial charge in [0.05, 0.1) is 24.8 Å². The number of benzene rings is 2. The molecule has 0 aliphatic carbocycles. The Kier molecular flexibility index (Phi) is 11.3. The minimum absolute atomic E-state index is 0. The van der Waals surface area contributed by atoms with Gasteiger partial charge in [-0.2, -0.15) is 0 Å². The fourth-order valence-electron chi connectivity index (χ4n) is 3.19. The summed E-state index contributed by atoms with van der Waals surface area (Å²) < 4.78 is 10.0. The first-order valence-electron chi connectivity index (χ1n) is 9.39. The van der Waals surface area contributed by atoms with Gasteiger partial charge in [-0.1, -0.05) is 0 Å². The second-order valence-corrected chi connectivity index (χ2v) is 6.63. The molecule has 33 heavy (non-hydrogen) atoms. The van der Waals surface area contributed by atoms with Crippen LogP contribution in [-0.2, 0) is 22.4 Å². The van der Waals surface area contributed by atoms with E-state index in [-0.39, 0.29) is 52.8 Å². The van der Waals surface area contributed by atoms with E-state index in [1.54, 1.807) is 13.2 Å². The van der Waals surface area contributed by atoms with Crippen LogP contribution in [0.3, 0.4) is 0 Å². The predicted molar refractivity (Wildman–Crippen MR) is 116 cm³/mol. The van der Waals surface area contributed by atoms with Crippen LogP contribution in [0.1, 0.15) is 24.0 Å². The Balaban J connectivity index is 0.000000291. The van der Waals surface area contributed by atoms with E-state index in [0.717, 1.165) is 34.3 Å². The number of nitrogens with one attached hydrogen (secondary N) is 2. The number of nitrogens with zero attached hydrogens (tertiary/aromatic N) is 2. The first-order valence-corrected chi connectivity index (χ1v) is 9.39. The Labute approximate surface area is 211 Å². The molecule has 0 radical (unpaired) electrons. The average Bonchev–Trinajstić information content (AvgIpc) is 2.78. The number of nitro benzene ring substituents is 1. The van der Waals surface area contributed by atoms with Crippen LogP contribution in [0.2, 0.25) is 0 Å². The molecular weight excluding hydrogens is 447 g/mol. The van der Waals surface area contributed by atoms with Crippen molar-refractivity contribution in [2.75, 3.05) is 24.9 Å². The van der Waals surface area contributed by atoms with Crippen molar-refractivity contribution >= 4 is 28.9 Å². The molecule has 2 N–H and O–H groups in total. The molecule has 2 aromatic carbocycles. The Morgan fingerprint density at radius 3 is 1.97 bits per heavy atom. The minimum Gasteiger partial charge on any atom is -0.497 e. The quantitative estimate of drug-likeness (QED) is 0.280. The van der Waals surface area contributed by atoms with Crippen LogP contribution >= 0.6 is 0 Å². The summed E-state index contributed by atoms with van der Waals surface area (Å²) in [4.78, 5) is 40.4. The summed E-state index contributed by atoms with van der Waals surface area (Å²) in [6, 6.07) is 8.64. The maximum atomic E-state index is 11.1. The normalized spacial score (nSPS) is 12.9. The Morgan fingerprint density at radius 2 is 1.45 bits per heavy atom. The molecule has 2 aliphatic heterocycles. The van der Waals surface area contributed by atoms with Gasteiger partial charge in [-0.05, 0) is 48.2 Å². The average molecular weight is 468 g/mol. The van der Waals surface area contributed by atoms with Gasteiger partial charge in [0.25, 0.3) is 0 Å². The molecule has 2 aliphatic rings. The molecule has 2 amide bonds. The number of fused-ring (bicyclic) bond motifs is 2. The maximum Gasteiger partial charge on any atom is 1.00 e. The van der Waals surface area contributed by atoms with Crippen molar-refractivity contribution < 1.29 is 53.5 Å². The molecule has 0 aromatic heterocycles. The Bertz CT molecular complexity index is 1030. The van der Waals surface area contributed by atoms with Crippen LogP contribution in [0.15, 0.2) is 35.7 Å². The first-order chi connectivity index (χ1) is 15.3. The van der Waals surface area contributed by atoms with Gasteiger partial charge in [0.1, 0.15) is 5.75 Å². The van der Waals surface area contributed by atoms with Crippen LogP contribution < -0.4 is 49.7 Å². The molecule has 0 bridgehead atoms. The smallest absolute Gasteiger partial charge is 0.497 e. The van der Waals surface area contributed by atoms with Gasteiger partial charge in [0.2, 0.25) is 11.8 Å². The molecule has 170 valence electrons. The summed E-state index contributed by atoms with van der Waals surface area (Å²) in [6.07, 6.45) is 2.35. The van der Waals surface area contributed by atoms with Crippen LogP contribution in [0, 0.1) is 20.2 Å². The second-order valence-electron chi connectivity index (χ2n) is 6.63. The molecule has 0 fully saturated rings.